The van der Waals surface area contributed by atoms with Gasteiger partial charge in [0.15, 0.2) is 0 Å². The minimum Gasteiger partial charge on any atom is -0.484 e. The largest absolute Gasteiger partial charge is 0.484 e. The van der Waals surface area contributed by atoms with Gasteiger partial charge in [-0.1, -0.05) is 18.2 Å². The van der Waals surface area contributed by atoms with Crippen LogP contribution >= 0.6 is 0 Å². The Morgan fingerprint density at radius 1 is 1.19 bits per heavy atom. The van der Waals surface area contributed by atoms with E-state index in [0.29, 0.717) is 30.2 Å². The van der Waals surface area contributed by atoms with E-state index < -0.39 is 15.6 Å². The van der Waals surface area contributed by atoms with E-state index in [0.717, 1.165) is 0 Å². The zero-order valence-electron chi connectivity index (χ0n) is 16.0. The Labute approximate surface area is 160 Å². The number of benzene rings is 2. The first-order chi connectivity index (χ1) is 12.7. The number of para-hydroxylation sites is 1. The van der Waals surface area contributed by atoms with Crippen molar-refractivity contribution in [3.8, 4) is 5.75 Å². The van der Waals surface area contributed by atoms with Crippen LogP contribution < -0.4 is 13.9 Å². The second-order valence-corrected chi connectivity index (χ2v) is 8.96. The first kappa shape index (κ1) is 19.2. The molecule has 1 aliphatic heterocycles. The molecule has 27 heavy (non-hydrogen) atoms. The highest BCUT2D eigenvalue weighted by Crippen LogP contribution is 2.39. The summed E-state index contributed by atoms with van der Waals surface area (Å²) in [5.74, 6) is 0.348. The molecule has 0 N–H and O–H groups in total. The summed E-state index contributed by atoms with van der Waals surface area (Å²) < 4.78 is 33.8. The summed E-state index contributed by atoms with van der Waals surface area (Å²) in [4.78, 5) is 13.8. The Bertz CT molecular complexity index is 955. The van der Waals surface area contributed by atoms with Gasteiger partial charge in [0.2, 0.25) is 5.91 Å². The van der Waals surface area contributed by atoms with Crippen LogP contribution in [0.15, 0.2) is 53.4 Å². The highest BCUT2D eigenvalue weighted by molar-refractivity contribution is 7.92. The zero-order valence-corrected chi connectivity index (χ0v) is 16.8. The van der Waals surface area contributed by atoms with Gasteiger partial charge in [0.05, 0.1) is 22.8 Å². The van der Waals surface area contributed by atoms with Gasteiger partial charge in [-0.15, -0.1) is 0 Å². The molecule has 0 unspecified atom stereocenters. The molecule has 2 aromatic rings. The summed E-state index contributed by atoms with van der Waals surface area (Å²) >= 11 is 0. The number of hydrogen-bond acceptors (Lipinski definition) is 4. The van der Waals surface area contributed by atoms with Gasteiger partial charge in [0, 0.05) is 13.5 Å². The number of carbonyl (C=O) groups excluding carboxylic acids is 1. The van der Waals surface area contributed by atoms with Crippen LogP contribution in [0.5, 0.6) is 5.75 Å². The fourth-order valence-electron chi connectivity index (χ4n) is 3.24. The Kier molecular flexibility index (Phi) is 4.90. The lowest BCUT2D eigenvalue weighted by atomic mass is 10.1. The van der Waals surface area contributed by atoms with Gasteiger partial charge in [0.25, 0.3) is 10.0 Å². The maximum Gasteiger partial charge on any atom is 0.264 e. The van der Waals surface area contributed by atoms with Gasteiger partial charge in [-0.3, -0.25) is 9.10 Å². The molecule has 1 heterocycles. The number of rotatable bonds is 4. The van der Waals surface area contributed by atoms with E-state index in [2.05, 4.69) is 0 Å². The lowest BCUT2D eigenvalue weighted by Crippen LogP contribution is -2.48. The fraction of sp³-hybridized carbons (Fsp3) is 0.350. The Hall–Kier alpha value is -2.54. The third-order valence-electron chi connectivity index (χ3n) is 4.45. The Morgan fingerprint density at radius 2 is 1.85 bits per heavy atom. The monoisotopic (exact) mass is 388 g/mol. The van der Waals surface area contributed by atoms with Gasteiger partial charge >= 0.3 is 0 Å². The van der Waals surface area contributed by atoms with Crippen molar-refractivity contribution in [2.75, 3.05) is 22.3 Å². The van der Waals surface area contributed by atoms with E-state index in [9.17, 15) is 13.2 Å². The summed E-state index contributed by atoms with van der Waals surface area (Å²) in [5, 5.41) is 0. The summed E-state index contributed by atoms with van der Waals surface area (Å²) in [6.45, 7) is 7.69. The minimum atomic E-state index is -3.78. The standard InChI is InChI=1S/C20H24N2O4S/c1-5-22(16-9-7-6-8-10-16)27(24,25)17-11-12-19-18(13-17)21(15(2)23)14-20(3,4)26-19/h6-13H,5,14H2,1-4H3. The summed E-state index contributed by atoms with van der Waals surface area (Å²) in [6.07, 6.45) is 0. The maximum atomic E-state index is 13.2. The number of anilines is 2. The lowest BCUT2D eigenvalue weighted by molar-refractivity contribution is -0.117. The van der Waals surface area contributed by atoms with Gasteiger partial charge in [0.1, 0.15) is 11.4 Å². The zero-order chi connectivity index (χ0) is 19.8. The van der Waals surface area contributed by atoms with Crippen molar-refractivity contribution >= 4 is 27.3 Å². The lowest BCUT2D eigenvalue weighted by Gasteiger charge is -2.39. The number of carbonyl (C=O) groups is 1. The first-order valence-corrected chi connectivity index (χ1v) is 10.3. The van der Waals surface area contributed by atoms with Crippen molar-refractivity contribution < 1.29 is 17.9 Å². The number of hydrogen-bond donors (Lipinski definition) is 0. The van der Waals surface area contributed by atoms with Crippen LogP contribution in [0.2, 0.25) is 0 Å². The maximum absolute atomic E-state index is 13.2. The van der Waals surface area contributed by atoms with Crippen LogP contribution in [0, 0.1) is 0 Å². The molecule has 0 aliphatic carbocycles. The summed E-state index contributed by atoms with van der Waals surface area (Å²) in [6, 6.07) is 13.6. The number of nitrogens with zero attached hydrogens (tertiary/aromatic N) is 2. The van der Waals surface area contributed by atoms with Crippen molar-refractivity contribution in [2.45, 2.75) is 38.2 Å². The number of sulfonamides is 1. The molecule has 0 saturated heterocycles. The van der Waals surface area contributed by atoms with E-state index >= 15 is 0 Å². The summed E-state index contributed by atoms with van der Waals surface area (Å²) in [7, 11) is -3.78. The van der Waals surface area contributed by atoms with Crippen LogP contribution in [0.25, 0.3) is 0 Å². The van der Waals surface area contributed by atoms with Crippen molar-refractivity contribution in [1.29, 1.82) is 0 Å². The van der Waals surface area contributed by atoms with Crippen LogP contribution in [0.4, 0.5) is 11.4 Å². The predicted octanol–water partition coefficient (Wildman–Crippen LogP) is 3.43. The molecule has 0 aromatic heterocycles. The molecule has 6 nitrogen and oxygen atoms in total. The molecular formula is C20H24N2O4S. The van der Waals surface area contributed by atoms with Crippen LogP contribution in [-0.4, -0.2) is 33.0 Å². The number of ether oxygens (including phenoxy) is 1. The highest BCUT2D eigenvalue weighted by Gasteiger charge is 2.35. The third kappa shape index (κ3) is 3.64. The van der Waals surface area contributed by atoms with Crippen molar-refractivity contribution in [1.82, 2.24) is 0 Å². The van der Waals surface area contributed by atoms with Crippen LogP contribution in [0.3, 0.4) is 0 Å². The number of amides is 1. The van der Waals surface area contributed by atoms with Gasteiger partial charge in [-0.25, -0.2) is 8.42 Å². The van der Waals surface area contributed by atoms with Crippen molar-refractivity contribution in [2.24, 2.45) is 0 Å². The molecule has 1 amide bonds. The second kappa shape index (κ2) is 6.88. The summed E-state index contributed by atoms with van der Waals surface area (Å²) in [5.41, 5.74) is 0.531. The molecular weight excluding hydrogens is 364 g/mol. The van der Waals surface area contributed by atoms with Crippen LogP contribution in [0.1, 0.15) is 27.7 Å². The molecule has 1 aliphatic rings. The SMILES string of the molecule is CCN(c1ccccc1)S(=O)(=O)c1ccc2c(c1)N(C(C)=O)CC(C)(C)O2. The Balaban J connectivity index is 2.08. The van der Waals surface area contributed by atoms with Gasteiger partial charge in [-0.05, 0) is 51.1 Å². The minimum absolute atomic E-state index is 0.126. The Morgan fingerprint density at radius 3 is 2.44 bits per heavy atom. The number of fused-ring (bicyclic) bond motifs is 1. The van der Waals surface area contributed by atoms with E-state index in [1.165, 1.54) is 23.4 Å². The van der Waals surface area contributed by atoms with E-state index in [1.807, 2.05) is 19.9 Å². The molecule has 144 valence electrons. The topological polar surface area (TPSA) is 66.9 Å². The molecule has 0 radical (unpaired) electrons. The normalized spacial score (nSPS) is 15.6. The average molecular weight is 388 g/mol. The first-order valence-electron chi connectivity index (χ1n) is 8.85. The molecule has 0 fully saturated rings. The quantitative estimate of drug-likeness (QED) is 0.805. The van der Waals surface area contributed by atoms with Gasteiger partial charge < -0.3 is 9.64 Å². The predicted molar refractivity (Wildman–Crippen MR) is 106 cm³/mol. The fourth-order valence-corrected chi connectivity index (χ4v) is 4.74. The molecule has 7 heteroatoms. The molecule has 0 saturated carbocycles. The van der Waals surface area contributed by atoms with Crippen LogP contribution in [-0.2, 0) is 14.8 Å². The molecule has 0 spiro atoms. The molecule has 0 bridgehead atoms. The molecule has 2 aromatic carbocycles. The highest BCUT2D eigenvalue weighted by atomic mass is 32.2. The average Bonchev–Trinajstić information content (AvgIpc) is 2.61. The molecule has 0 atom stereocenters. The van der Waals surface area contributed by atoms with Crippen molar-refractivity contribution in [3.63, 3.8) is 0 Å². The van der Waals surface area contributed by atoms with Gasteiger partial charge in [-0.2, -0.15) is 0 Å². The van der Waals surface area contributed by atoms with E-state index in [4.69, 9.17) is 4.74 Å². The third-order valence-corrected chi connectivity index (χ3v) is 6.34. The van der Waals surface area contributed by atoms with E-state index in [-0.39, 0.29) is 10.8 Å². The smallest absolute Gasteiger partial charge is 0.264 e. The van der Waals surface area contributed by atoms with Crippen molar-refractivity contribution in [3.05, 3.63) is 48.5 Å². The van der Waals surface area contributed by atoms with E-state index in [1.54, 1.807) is 42.2 Å². The molecule has 3 rings (SSSR count). The second-order valence-electron chi connectivity index (χ2n) is 7.10.